The van der Waals surface area contributed by atoms with Crippen molar-refractivity contribution in [2.24, 2.45) is 23.7 Å². The highest BCUT2D eigenvalue weighted by molar-refractivity contribution is 7.16. The van der Waals surface area contributed by atoms with E-state index >= 15 is 0 Å². The van der Waals surface area contributed by atoms with Gasteiger partial charge in [-0.15, -0.1) is 18.5 Å². The largest absolute Gasteiger partial charge is 0.137 e. The lowest BCUT2D eigenvalue weighted by molar-refractivity contribution is 0.0865. The van der Waals surface area contributed by atoms with Crippen molar-refractivity contribution in [1.29, 1.82) is 0 Å². The first-order valence-electron chi connectivity index (χ1n) is 6.25. The van der Waals surface area contributed by atoms with Crippen LogP contribution in [0, 0.1) is 23.7 Å². The fourth-order valence-electron chi connectivity index (χ4n) is 3.74. The Bertz CT molecular complexity index is 173. The van der Waals surface area contributed by atoms with Crippen molar-refractivity contribution in [2.75, 3.05) is 12.3 Å². The molecule has 2 saturated carbocycles. The maximum atomic E-state index is 2.99. The second-order valence-electron chi connectivity index (χ2n) is 5.28. The summed E-state index contributed by atoms with van der Waals surface area (Å²) in [5.41, 5.74) is 0. The van der Waals surface area contributed by atoms with Crippen LogP contribution in [-0.2, 0) is 0 Å². The van der Waals surface area contributed by atoms with Crippen LogP contribution in [0.25, 0.3) is 0 Å². The minimum absolute atomic E-state index is 1.02. The number of rotatable bonds is 2. The standard InChI is InChI=1S/C12H24P2/c13-7-9-5-10-3-1-2-4-12(10)11(6-9)8-14/h9-12H,1-8,13-14H2. The molecule has 0 N–H and O–H groups in total. The first kappa shape index (κ1) is 11.3. The average Bonchev–Trinajstić information content (AvgIpc) is 2.27. The third-order valence-corrected chi connectivity index (χ3v) is 5.75. The first-order chi connectivity index (χ1) is 6.85. The molecule has 82 valence electrons. The quantitative estimate of drug-likeness (QED) is 0.636. The molecule has 2 heteroatoms. The van der Waals surface area contributed by atoms with Crippen LogP contribution in [0.4, 0.5) is 0 Å². The third-order valence-electron chi connectivity index (χ3n) is 4.48. The van der Waals surface area contributed by atoms with E-state index < -0.39 is 0 Å². The van der Waals surface area contributed by atoms with Gasteiger partial charge in [-0.1, -0.05) is 19.3 Å². The molecule has 6 unspecified atom stereocenters. The van der Waals surface area contributed by atoms with Crippen LogP contribution in [0.2, 0.25) is 0 Å². The smallest absolute Gasteiger partial charge is 0.0346 e. The lowest BCUT2D eigenvalue weighted by Gasteiger charge is -2.44. The molecule has 0 aromatic carbocycles. The minimum Gasteiger partial charge on any atom is -0.137 e. The van der Waals surface area contributed by atoms with E-state index in [0.717, 1.165) is 23.7 Å². The summed E-state index contributed by atoms with van der Waals surface area (Å²) >= 11 is 0. The summed E-state index contributed by atoms with van der Waals surface area (Å²) in [6, 6.07) is 0. The van der Waals surface area contributed by atoms with Gasteiger partial charge in [0.15, 0.2) is 0 Å². The molecule has 0 radical (unpaired) electrons. The molecule has 0 spiro atoms. The molecule has 0 amide bonds. The third kappa shape index (κ3) is 2.33. The van der Waals surface area contributed by atoms with E-state index in [2.05, 4.69) is 18.5 Å². The molecule has 0 bridgehead atoms. The van der Waals surface area contributed by atoms with Gasteiger partial charge in [0, 0.05) is 0 Å². The first-order valence-corrected chi connectivity index (χ1v) is 7.88. The highest BCUT2D eigenvalue weighted by Gasteiger charge is 2.37. The van der Waals surface area contributed by atoms with Crippen LogP contribution < -0.4 is 0 Å². The van der Waals surface area contributed by atoms with Gasteiger partial charge >= 0.3 is 0 Å². The van der Waals surface area contributed by atoms with Crippen LogP contribution in [-0.4, -0.2) is 12.3 Å². The second-order valence-corrected chi connectivity index (χ2v) is 6.22. The Labute approximate surface area is 93.4 Å². The normalized spacial score (nSPS) is 43.3. The van der Waals surface area contributed by atoms with Crippen molar-refractivity contribution >= 4 is 18.5 Å². The monoisotopic (exact) mass is 230 g/mol. The summed E-state index contributed by atoms with van der Waals surface area (Å²) < 4.78 is 0. The van der Waals surface area contributed by atoms with Crippen LogP contribution >= 0.6 is 18.5 Å². The summed E-state index contributed by atoms with van der Waals surface area (Å²) in [5, 5.41) is 0. The Hall–Kier alpha value is 0.860. The molecule has 0 aromatic heterocycles. The molecule has 0 aliphatic heterocycles. The second kappa shape index (κ2) is 5.27. The molecule has 14 heavy (non-hydrogen) atoms. The Morgan fingerprint density at radius 1 is 0.929 bits per heavy atom. The lowest BCUT2D eigenvalue weighted by Crippen LogP contribution is -2.36. The van der Waals surface area contributed by atoms with Crippen molar-refractivity contribution in [1.82, 2.24) is 0 Å². The minimum atomic E-state index is 1.02. The van der Waals surface area contributed by atoms with Gasteiger partial charge in [-0.05, 0) is 55.3 Å². The maximum absolute atomic E-state index is 2.99. The van der Waals surface area contributed by atoms with Gasteiger partial charge in [0.05, 0.1) is 0 Å². The number of hydrogen-bond donors (Lipinski definition) is 0. The molecule has 0 aromatic rings. The van der Waals surface area contributed by atoms with E-state index in [4.69, 9.17) is 0 Å². The zero-order chi connectivity index (χ0) is 9.97. The van der Waals surface area contributed by atoms with E-state index in [1.165, 1.54) is 50.8 Å². The summed E-state index contributed by atoms with van der Waals surface area (Å²) in [6.45, 7) is 0. The van der Waals surface area contributed by atoms with Crippen molar-refractivity contribution in [3.05, 3.63) is 0 Å². The van der Waals surface area contributed by atoms with Gasteiger partial charge in [-0.2, -0.15) is 0 Å². The van der Waals surface area contributed by atoms with Crippen molar-refractivity contribution < 1.29 is 0 Å². The summed E-state index contributed by atoms with van der Waals surface area (Å²) in [7, 11) is 5.95. The molecular formula is C12H24P2. The highest BCUT2D eigenvalue weighted by atomic mass is 31.0. The predicted molar refractivity (Wildman–Crippen MR) is 70.8 cm³/mol. The van der Waals surface area contributed by atoms with E-state index in [-0.39, 0.29) is 0 Å². The Kier molecular flexibility index (Phi) is 4.27. The molecule has 2 fully saturated rings. The van der Waals surface area contributed by atoms with Gasteiger partial charge in [0.25, 0.3) is 0 Å². The molecule has 0 nitrogen and oxygen atoms in total. The fourth-order valence-corrected chi connectivity index (χ4v) is 4.67. The average molecular weight is 230 g/mol. The lowest BCUT2D eigenvalue weighted by atomic mass is 9.63. The molecule has 0 saturated heterocycles. The topological polar surface area (TPSA) is 0 Å². The molecule has 2 rings (SSSR count). The van der Waals surface area contributed by atoms with Crippen molar-refractivity contribution in [3.8, 4) is 0 Å². The van der Waals surface area contributed by atoms with E-state index in [0.29, 0.717) is 0 Å². The molecule has 0 heterocycles. The molecule has 2 aliphatic rings. The zero-order valence-corrected chi connectivity index (χ0v) is 11.4. The Morgan fingerprint density at radius 3 is 2.43 bits per heavy atom. The van der Waals surface area contributed by atoms with Crippen molar-refractivity contribution in [3.63, 3.8) is 0 Å². The number of hydrogen-bond acceptors (Lipinski definition) is 0. The van der Waals surface area contributed by atoms with Gasteiger partial charge in [0.1, 0.15) is 0 Å². The SMILES string of the molecule is PCC1CC(CP)C2CCCCC2C1. The van der Waals surface area contributed by atoms with E-state index in [1.807, 2.05) is 0 Å². The van der Waals surface area contributed by atoms with Crippen LogP contribution in [0.3, 0.4) is 0 Å². The summed E-state index contributed by atoms with van der Waals surface area (Å²) in [6.07, 6.45) is 11.8. The van der Waals surface area contributed by atoms with Crippen LogP contribution in [0.1, 0.15) is 38.5 Å². The fraction of sp³-hybridized carbons (Fsp3) is 1.00. The van der Waals surface area contributed by atoms with Gasteiger partial charge in [0.2, 0.25) is 0 Å². The van der Waals surface area contributed by atoms with Crippen LogP contribution in [0.15, 0.2) is 0 Å². The maximum Gasteiger partial charge on any atom is -0.0346 e. The predicted octanol–water partition coefficient (Wildman–Crippen LogP) is 3.57. The number of fused-ring (bicyclic) bond motifs is 1. The van der Waals surface area contributed by atoms with E-state index in [1.54, 1.807) is 0 Å². The van der Waals surface area contributed by atoms with E-state index in [9.17, 15) is 0 Å². The summed E-state index contributed by atoms with van der Waals surface area (Å²) in [5.74, 6) is 4.23. The van der Waals surface area contributed by atoms with Gasteiger partial charge < -0.3 is 0 Å². The molecular weight excluding hydrogens is 206 g/mol. The Morgan fingerprint density at radius 2 is 1.71 bits per heavy atom. The Balaban J connectivity index is 2.01. The summed E-state index contributed by atoms with van der Waals surface area (Å²) in [4.78, 5) is 0. The zero-order valence-electron chi connectivity index (χ0n) is 9.12. The molecule has 6 atom stereocenters. The van der Waals surface area contributed by atoms with Gasteiger partial charge in [-0.25, -0.2) is 0 Å². The van der Waals surface area contributed by atoms with Crippen LogP contribution in [0.5, 0.6) is 0 Å². The van der Waals surface area contributed by atoms with Crippen molar-refractivity contribution in [2.45, 2.75) is 38.5 Å². The van der Waals surface area contributed by atoms with Gasteiger partial charge in [-0.3, -0.25) is 0 Å². The highest BCUT2D eigenvalue weighted by Crippen LogP contribution is 2.46. The molecule has 2 aliphatic carbocycles.